The lowest BCUT2D eigenvalue weighted by Crippen LogP contribution is -1.99. The number of para-hydroxylation sites is 4. The fraction of sp³-hybridized carbons (Fsp3) is 0. The molecular weight excluding hydrogens is 1160 g/mol. The molecule has 0 atom stereocenters. The van der Waals surface area contributed by atoms with Crippen molar-refractivity contribution in [2.24, 2.45) is 0 Å². The van der Waals surface area contributed by atoms with Crippen LogP contribution in [0, 0.1) is 0 Å². The van der Waals surface area contributed by atoms with Gasteiger partial charge in [-0.15, -0.1) is 45.3 Å². The molecule has 8 aromatic heterocycles. The molecule has 0 aliphatic heterocycles. The molecule has 0 radical (unpaired) electrons. The van der Waals surface area contributed by atoms with Crippen molar-refractivity contribution in [2.75, 3.05) is 0 Å². The SMILES string of the molecule is c1ccc2c(c1)oc1ccc(-c3ccc4c(c3)sc3c5sc6cc(-c7ccc8oc9ccccc9c8c7)ccc6n6c7ccc(-c8ccc9oc%10ccccc%10c9c8)cc7sc(c7sc8cc(-c9ccc%10oc%11ccccc%11c%10c9)ccc8n4c37)c56)cc12. The number of hydrogen-bond donors (Lipinski definition) is 0. The van der Waals surface area contributed by atoms with E-state index in [-0.39, 0.29) is 0 Å². The minimum Gasteiger partial charge on any atom is -0.456 e. The number of fused-ring (bicyclic) bond motifs is 22. The number of benzene rings is 13. The second-order valence-electron chi connectivity index (χ2n) is 23.1. The summed E-state index contributed by atoms with van der Waals surface area (Å²) in [6.07, 6.45) is 0. The van der Waals surface area contributed by atoms with Crippen LogP contribution in [0.5, 0.6) is 0 Å². The van der Waals surface area contributed by atoms with Gasteiger partial charge >= 0.3 is 0 Å². The van der Waals surface area contributed by atoms with Crippen LogP contribution < -0.4 is 0 Å². The van der Waals surface area contributed by atoms with Gasteiger partial charge < -0.3 is 26.5 Å². The molecule has 0 bridgehead atoms. The summed E-state index contributed by atoms with van der Waals surface area (Å²) in [5, 5.41) is 8.96. The molecule has 21 rings (SSSR count). The topological polar surface area (TPSA) is 61.4 Å². The summed E-state index contributed by atoms with van der Waals surface area (Å²) in [6, 6.07) is 88.2. The highest BCUT2D eigenvalue weighted by molar-refractivity contribution is 7.36. The summed E-state index contributed by atoms with van der Waals surface area (Å²) >= 11 is 7.63. The molecule has 21 aromatic rings. The van der Waals surface area contributed by atoms with Crippen molar-refractivity contribution in [3.8, 4) is 44.5 Å². The predicted molar refractivity (Wildman–Crippen MR) is 373 cm³/mol. The quantitative estimate of drug-likeness (QED) is 0.130. The number of furan rings is 4. The Morgan fingerprint density at radius 3 is 0.682 bits per heavy atom. The van der Waals surface area contributed by atoms with Crippen molar-refractivity contribution in [2.45, 2.75) is 0 Å². The van der Waals surface area contributed by atoms with Crippen LogP contribution in [0.3, 0.4) is 0 Å². The van der Waals surface area contributed by atoms with E-state index >= 15 is 0 Å². The molecule has 8 heterocycles. The summed E-state index contributed by atoms with van der Waals surface area (Å²) in [6.45, 7) is 0. The zero-order valence-corrected chi connectivity index (χ0v) is 49.5. The zero-order chi connectivity index (χ0) is 57.0. The van der Waals surface area contributed by atoms with Crippen LogP contribution in [0.1, 0.15) is 0 Å². The molecule has 0 saturated heterocycles. The predicted octanol–water partition coefficient (Wildman–Crippen LogP) is 24.7. The fourth-order valence-electron chi connectivity index (χ4n) is 14.1. The summed E-state index contributed by atoms with van der Waals surface area (Å²) in [4.78, 5) is 0. The lowest BCUT2D eigenvalue weighted by molar-refractivity contribution is 0.668. The van der Waals surface area contributed by atoms with Crippen molar-refractivity contribution >= 4 is 204 Å². The molecule has 0 aliphatic rings. The van der Waals surface area contributed by atoms with E-state index in [4.69, 9.17) is 17.7 Å². The Morgan fingerprint density at radius 2 is 0.420 bits per heavy atom. The van der Waals surface area contributed by atoms with Crippen molar-refractivity contribution in [3.63, 3.8) is 0 Å². The van der Waals surface area contributed by atoms with E-state index in [2.05, 4.69) is 227 Å². The molecule has 13 aromatic carbocycles. The Labute approximate surface area is 513 Å². The van der Waals surface area contributed by atoms with E-state index in [1.165, 1.54) is 70.7 Å². The van der Waals surface area contributed by atoms with Gasteiger partial charge in [0.25, 0.3) is 0 Å². The van der Waals surface area contributed by atoms with E-state index in [0.717, 1.165) is 132 Å². The van der Waals surface area contributed by atoms with Gasteiger partial charge in [0, 0.05) is 43.1 Å². The fourth-order valence-corrected chi connectivity index (χ4v) is 19.3. The first-order valence-electron chi connectivity index (χ1n) is 29.3. The van der Waals surface area contributed by atoms with E-state index in [9.17, 15) is 0 Å². The van der Waals surface area contributed by atoms with Gasteiger partial charge in [-0.2, -0.15) is 0 Å². The van der Waals surface area contributed by atoms with Gasteiger partial charge in [0.1, 0.15) is 44.7 Å². The van der Waals surface area contributed by atoms with Gasteiger partial charge in [-0.05, 0) is 166 Å². The van der Waals surface area contributed by atoms with Crippen LogP contribution in [0.15, 0.2) is 260 Å². The second-order valence-corrected chi connectivity index (χ2v) is 27.3. The normalized spacial score (nSPS) is 12.5. The molecule has 0 aliphatic carbocycles. The summed E-state index contributed by atoms with van der Waals surface area (Å²) < 4.78 is 40.3. The maximum atomic E-state index is 6.33. The van der Waals surface area contributed by atoms with Gasteiger partial charge in [-0.3, -0.25) is 0 Å². The Morgan fingerprint density at radius 1 is 0.205 bits per heavy atom. The lowest BCUT2D eigenvalue weighted by atomic mass is 10.0. The molecule has 0 unspecified atom stereocenters. The third-order valence-electron chi connectivity index (χ3n) is 18.2. The molecule has 0 spiro atoms. The van der Waals surface area contributed by atoms with Gasteiger partial charge in [-0.25, -0.2) is 0 Å². The Kier molecular flexibility index (Phi) is 9.55. The monoisotopic (exact) mass is 1200 g/mol. The highest BCUT2D eigenvalue weighted by Crippen LogP contribution is 2.51. The first-order valence-corrected chi connectivity index (χ1v) is 32.6. The zero-order valence-electron chi connectivity index (χ0n) is 46.3. The molecule has 0 amide bonds. The van der Waals surface area contributed by atoms with Crippen LogP contribution in [-0.2, 0) is 0 Å². The molecule has 410 valence electrons. The average molecular weight is 1200 g/mol. The van der Waals surface area contributed by atoms with Crippen LogP contribution in [0.2, 0.25) is 0 Å². The number of nitrogens with zero attached hydrogens (tertiary/aromatic N) is 2. The van der Waals surface area contributed by atoms with E-state index < -0.39 is 0 Å². The maximum absolute atomic E-state index is 6.33. The van der Waals surface area contributed by atoms with Gasteiger partial charge in [0.15, 0.2) is 0 Å². The summed E-state index contributed by atoms with van der Waals surface area (Å²) in [5.74, 6) is 0. The molecular formula is C78H40N2O4S4. The van der Waals surface area contributed by atoms with Crippen molar-refractivity contribution < 1.29 is 17.7 Å². The molecule has 0 saturated carbocycles. The van der Waals surface area contributed by atoms with Crippen molar-refractivity contribution in [1.82, 2.24) is 8.80 Å². The summed E-state index contributed by atoms with van der Waals surface area (Å²) in [5.41, 5.74) is 23.5. The van der Waals surface area contributed by atoms with Gasteiger partial charge in [0.05, 0.1) is 70.7 Å². The number of rotatable bonds is 4. The number of aromatic nitrogens is 2. The lowest BCUT2D eigenvalue weighted by Gasteiger charge is -2.21. The molecule has 6 nitrogen and oxygen atoms in total. The molecule has 0 fully saturated rings. The standard InChI is InChI=1S/C78H40N2O4S4/c1-5-13-61-49(9-1)53-33-41(21-29-65(53)81-61)45-17-25-57-69(37-45)85-75-73-77(87-70-38-46(18-26-58(70)79(57)73)42-22-30-66-54(34-42)50-10-2-6-14-62(50)82-66)78-74-76(75)86-71-39-47(43-23-31-67-55(35-43)51-11-3-7-15-63(51)83-67)19-27-59(71)80(74)60-28-20-48(40-72(60)88-78)44-24-32-68-56(36-44)52-12-4-8-16-64(52)84-68/h1-40H. The smallest absolute Gasteiger partial charge is 0.135 e. The van der Waals surface area contributed by atoms with Crippen LogP contribution in [0.4, 0.5) is 0 Å². The van der Waals surface area contributed by atoms with Crippen molar-refractivity contribution in [3.05, 3.63) is 243 Å². The number of hydrogen-bond acceptors (Lipinski definition) is 8. The van der Waals surface area contributed by atoms with Gasteiger partial charge in [-0.1, -0.05) is 121 Å². The molecule has 10 heteroatoms. The highest BCUT2D eigenvalue weighted by atomic mass is 32.1. The highest BCUT2D eigenvalue weighted by Gasteiger charge is 2.25. The second kappa shape index (κ2) is 17.6. The van der Waals surface area contributed by atoms with E-state index in [1.54, 1.807) is 0 Å². The minimum atomic E-state index is 0.892. The average Bonchev–Trinajstić information content (AvgIpc) is 0.961. The maximum Gasteiger partial charge on any atom is 0.135 e. The minimum absolute atomic E-state index is 0.892. The van der Waals surface area contributed by atoms with E-state index in [1.807, 2.05) is 69.6 Å². The summed E-state index contributed by atoms with van der Waals surface area (Å²) in [7, 11) is 0. The van der Waals surface area contributed by atoms with Crippen LogP contribution >= 0.6 is 45.3 Å². The van der Waals surface area contributed by atoms with Crippen LogP contribution in [0.25, 0.3) is 203 Å². The van der Waals surface area contributed by atoms with Crippen molar-refractivity contribution in [1.29, 1.82) is 0 Å². The van der Waals surface area contributed by atoms with Crippen LogP contribution in [-0.4, -0.2) is 8.80 Å². The Hall–Kier alpha value is -10.5. The third kappa shape index (κ3) is 6.74. The largest absolute Gasteiger partial charge is 0.456 e. The first-order chi connectivity index (χ1) is 43.5. The first kappa shape index (κ1) is 47.7. The molecule has 0 N–H and O–H groups in total. The molecule has 88 heavy (non-hydrogen) atoms. The van der Waals surface area contributed by atoms with Gasteiger partial charge in [0.2, 0.25) is 0 Å². The third-order valence-corrected chi connectivity index (χ3v) is 23.1. The Bertz CT molecular complexity index is 5920. The van der Waals surface area contributed by atoms with E-state index in [0.29, 0.717) is 0 Å². The Balaban J connectivity index is 0.873.